The molecule has 21 heavy (non-hydrogen) atoms. The number of nitriles is 1. The lowest BCUT2D eigenvalue weighted by Gasteiger charge is -2.56. The minimum absolute atomic E-state index is 0.155. The van der Waals surface area contributed by atoms with E-state index in [1.807, 2.05) is 13.0 Å². The number of hydrogen-bond acceptors (Lipinski definition) is 3. The van der Waals surface area contributed by atoms with E-state index < -0.39 is 0 Å². The van der Waals surface area contributed by atoms with E-state index in [1.54, 1.807) is 6.20 Å². The molecule has 4 aliphatic carbocycles. The molecule has 0 aromatic carbocycles. The van der Waals surface area contributed by atoms with Crippen LogP contribution in [0.1, 0.15) is 51.9 Å². The van der Waals surface area contributed by atoms with Gasteiger partial charge in [0, 0.05) is 18.3 Å². The van der Waals surface area contributed by atoms with Gasteiger partial charge in [-0.3, -0.25) is 4.79 Å². The third-order valence-electron chi connectivity index (χ3n) is 5.46. The highest BCUT2D eigenvalue weighted by atomic mass is 16.1. The summed E-state index contributed by atoms with van der Waals surface area (Å²) in [6.07, 6.45) is 10.4. The van der Waals surface area contributed by atoms with E-state index in [2.05, 4.69) is 10.6 Å². The summed E-state index contributed by atoms with van der Waals surface area (Å²) in [4.78, 5) is 11.9. The Morgan fingerprint density at radius 1 is 1.24 bits per heavy atom. The Morgan fingerprint density at radius 2 is 1.81 bits per heavy atom. The average molecular weight is 287 g/mol. The fourth-order valence-corrected chi connectivity index (χ4v) is 5.00. The van der Waals surface area contributed by atoms with Crippen molar-refractivity contribution in [1.29, 1.82) is 5.26 Å². The van der Waals surface area contributed by atoms with Gasteiger partial charge >= 0.3 is 0 Å². The van der Waals surface area contributed by atoms with E-state index in [-0.39, 0.29) is 17.0 Å². The summed E-state index contributed by atoms with van der Waals surface area (Å²) >= 11 is 0. The molecule has 4 bridgehead atoms. The fourth-order valence-electron chi connectivity index (χ4n) is 5.00. The second kappa shape index (κ2) is 5.71. The van der Waals surface area contributed by atoms with Gasteiger partial charge in [0.15, 0.2) is 0 Å². The summed E-state index contributed by atoms with van der Waals surface area (Å²) in [6, 6.07) is 2.03. The largest absolute Gasteiger partial charge is 0.384 e. The molecule has 0 aromatic rings. The van der Waals surface area contributed by atoms with E-state index in [4.69, 9.17) is 0 Å². The van der Waals surface area contributed by atoms with E-state index >= 15 is 0 Å². The van der Waals surface area contributed by atoms with Gasteiger partial charge in [0.2, 0.25) is 0 Å². The number of hydrogen-bond donors (Lipinski definition) is 2. The zero-order valence-corrected chi connectivity index (χ0v) is 12.8. The van der Waals surface area contributed by atoms with Crippen LogP contribution in [0.25, 0.3) is 0 Å². The van der Waals surface area contributed by atoms with Gasteiger partial charge in [0.05, 0.1) is 0 Å². The summed E-state index contributed by atoms with van der Waals surface area (Å²) < 4.78 is 0. The molecule has 1 amide bonds. The van der Waals surface area contributed by atoms with Crippen LogP contribution in [0.2, 0.25) is 0 Å². The summed E-state index contributed by atoms with van der Waals surface area (Å²) in [5.41, 5.74) is 0.362. The van der Waals surface area contributed by atoms with E-state index in [9.17, 15) is 10.1 Å². The van der Waals surface area contributed by atoms with Gasteiger partial charge in [-0.1, -0.05) is 6.92 Å². The predicted molar refractivity (Wildman–Crippen MR) is 81.0 cm³/mol. The maximum absolute atomic E-state index is 11.9. The monoisotopic (exact) mass is 287 g/mol. The fraction of sp³-hybridized carbons (Fsp3) is 0.765. The lowest BCUT2D eigenvalue weighted by Crippen LogP contribution is -2.57. The Balaban J connectivity index is 1.67. The van der Waals surface area contributed by atoms with Crippen LogP contribution >= 0.6 is 0 Å². The molecule has 4 rings (SSSR count). The van der Waals surface area contributed by atoms with Crippen molar-refractivity contribution < 1.29 is 4.79 Å². The van der Waals surface area contributed by atoms with Gasteiger partial charge in [-0.2, -0.15) is 5.26 Å². The topological polar surface area (TPSA) is 64.9 Å². The van der Waals surface area contributed by atoms with Gasteiger partial charge in [-0.25, -0.2) is 0 Å². The number of carbonyl (C=O) groups is 1. The highest BCUT2D eigenvalue weighted by Gasteiger charge is 2.50. The smallest absolute Gasteiger partial charge is 0.263 e. The highest BCUT2D eigenvalue weighted by molar-refractivity contribution is 5.97. The number of nitrogens with one attached hydrogen (secondary N) is 2. The van der Waals surface area contributed by atoms with E-state index in [0.29, 0.717) is 6.54 Å². The van der Waals surface area contributed by atoms with Crippen LogP contribution in [-0.4, -0.2) is 18.0 Å². The van der Waals surface area contributed by atoms with Gasteiger partial charge in [0.1, 0.15) is 11.6 Å². The third-order valence-corrected chi connectivity index (χ3v) is 5.46. The summed E-state index contributed by atoms with van der Waals surface area (Å²) in [5.74, 6) is 2.32. The third kappa shape index (κ3) is 2.92. The first-order valence-electron chi connectivity index (χ1n) is 8.30. The molecular formula is C17H25N3O. The van der Waals surface area contributed by atoms with Crippen LogP contribution in [-0.2, 0) is 4.79 Å². The van der Waals surface area contributed by atoms with Crippen molar-refractivity contribution in [1.82, 2.24) is 10.6 Å². The first-order chi connectivity index (χ1) is 10.1. The first-order valence-corrected chi connectivity index (χ1v) is 8.30. The lowest BCUT2D eigenvalue weighted by atomic mass is 9.53. The van der Waals surface area contributed by atoms with Gasteiger partial charge in [-0.15, -0.1) is 0 Å². The molecule has 0 radical (unpaired) electrons. The predicted octanol–water partition coefficient (Wildman–Crippen LogP) is 2.48. The maximum atomic E-state index is 11.9. The maximum Gasteiger partial charge on any atom is 0.263 e. The number of carbonyl (C=O) groups excluding carboxylic acids is 1. The molecule has 0 unspecified atom stereocenters. The molecule has 0 aromatic heterocycles. The molecule has 0 atom stereocenters. The number of amides is 1. The summed E-state index contributed by atoms with van der Waals surface area (Å²) in [6.45, 7) is 2.62. The molecular weight excluding hydrogens is 262 g/mol. The normalized spacial score (nSPS) is 37.1. The standard InChI is InChI=1S/C17H25N3O/c1-2-3-19-16(21)15(10-18)11-20-17-7-12-4-13(8-17)6-14(5-12)9-17/h11-14,20H,2-9H2,1H3,(H,19,21)/b15-11-. The highest BCUT2D eigenvalue weighted by Crippen LogP contribution is 2.55. The van der Waals surface area contributed by atoms with Crippen molar-refractivity contribution in [3.63, 3.8) is 0 Å². The minimum Gasteiger partial charge on any atom is -0.384 e. The van der Waals surface area contributed by atoms with Crippen molar-refractivity contribution in [3.8, 4) is 6.07 Å². The van der Waals surface area contributed by atoms with Crippen LogP contribution < -0.4 is 10.6 Å². The van der Waals surface area contributed by atoms with Gasteiger partial charge in [-0.05, 0) is 62.7 Å². The lowest BCUT2D eigenvalue weighted by molar-refractivity contribution is -0.117. The Bertz CT molecular complexity index is 453. The Hall–Kier alpha value is -1.50. The Morgan fingerprint density at radius 3 is 2.29 bits per heavy atom. The van der Waals surface area contributed by atoms with Crippen molar-refractivity contribution >= 4 is 5.91 Å². The van der Waals surface area contributed by atoms with Crippen molar-refractivity contribution in [2.75, 3.05) is 6.54 Å². The quantitative estimate of drug-likeness (QED) is 0.603. The minimum atomic E-state index is -0.253. The van der Waals surface area contributed by atoms with Crippen molar-refractivity contribution in [2.45, 2.75) is 57.4 Å². The average Bonchev–Trinajstić information content (AvgIpc) is 2.44. The summed E-state index contributed by atoms with van der Waals surface area (Å²) in [5, 5.41) is 15.5. The molecule has 4 saturated carbocycles. The zero-order valence-electron chi connectivity index (χ0n) is 12.8. The summed E-state index contributed by atoms with van der Waals surface area (Å²) in [7, 11) is 0. The number of rotatable bonds is 5. The molecule has 4 fully saturated rings. The Labute approximate surface area is 127 Å². The molecule has 0 spiro atoms. The molecule has 0 aliphatic heterocycles. The molecule has 114 valence electrons. The van der Waals surface area contributed by atoms with Gasteiger partial charge < -0.3 is 10.6 Å². The Kier molecular flexibility index (Phi) is 3.93. The molecule has 2 N–H and O–H groups in total. The van der Waals surface area contributed by atoms with Crippen LogP contribution in [0.3, 0.4) is 0 Å². The second-order valence-corrected chi connectivity index (χ2v) is 7.27. The molecule has 4 heteroatoms. The zero-order chi connectivity index (χ0) is 14.9. The molecule has 0 heterocycles. The van der Waals surface area contributed by atoms with E-state index in [0.717, 1.165) is 24.2 Å². The van der Waals surface area contributed by atoms with Crippen molar-refractivity contribution in [2.24, 2.45) is 17.8 Å². The van der Waals surface area contributed by atoms with Crippen LogP contribution in [0, 0.1) is 29.1 Å². The van der Waals surface area contributed by atoms with Crippen LogP contribution in [0.4, 0.5) is 0 Å². The van der Waals surface area contributed by atoms with E-state index in [1.165, 1.54) is 38.5 Å². The second-order valence-electron chi connectivity index (χ2n) is 7.27. The van der Waals surface area contributed by atoms with Crippen LogP contribution in [0.15, 0.2) is 11.8 Å². The van der Waals surface area contributed by atoms with Crippen molar-refractivity contribution in [3.05, 3.63) is 11.8 Å². The van der Waals surface area contributed by atoms with Gasteiger partial charge in [0.25, 0.3) is 5.91 Å². The SMILES string of the molecule is CCCNC(=O)/C(C#N)=C\NC12CC3CC(CC(C3)C1)C2. The number of nitrogens with zero attached hydrogens (tertiary/aromatic N) is 1. The van der Waals surface area contributed by atoms with Crippen LogP contribution in [0.5, 0.6) is 0 Å². The molecule has 0 saturated heterocycles. The molecule has 4 nitrogen and oxygen atoms in total. The molecule has 4 aliphatic rings. The first kappa shape index (κ1) is 14.4.